The van der Waals surface area contributed by atoms with E-state index in [0.29, 0.717) is 62.3 Å². The highest BCUT2D eigenvalue weighted by Gasteiger charge is 2.54. The molecule has 3 aliphatic rings. The second kappa shape index (κ2) is 12.8. The van der Waals surface area contributed by atoms with Crippen LogP contribution in [0.1, 0.15) is 43.9 Å². The van der Waals surface area contributed by atoms with Crippen molar-refractivity contribution >= 4 is 23.3 Å². The molecule has 0 amide bonds. The van der Waals surface area contributed by atoms with Gasteiger partial charge in [-0.2, -0.15) is 28.2 Å². The van der Waals surface area contributed by atoms with Gasteiger partial charge in [-0.1, -0.05) is 24.3 Å². The molecule has 1 aromatic carbocycles. The summed E-state index contributed by atoms with van der Waals surface area (Å²) in [5.41, 5.74) is 6.27. The number of aryl methyl sites for hydroxylation is 1. The van der Waals surface area contributed by atoms with Crippen molar-refractivity contribution in [2.75, 3.05) is 36.9 Å². The molecule has 2 aromatic heterocycles. The molecule has 0 bridgehead atoms. The Hall–Kier alpha value is -4.53. The van der Waals surface area contributed by atoms with E-state index >= 15 is 4.39 Å². The van der Waals surface area contributed by atoms with Gasteiger partial charge < -0.3 is 25.4 Å². The highest BCUT2D eigenvalue weighted by Crippen LogP contribution is 2.47. The predicted octanol–water partition coefficient (Wildman–Crippen LogP) is 5.26. The van der Waals surface area contributed by atoms with Crippen LogP contribution in [0.4, 0.5) is 33.7 Å². The molecule has 1 spiro atoms. The van der Waals surface area contributed by atoms with Gasteiger partial charge in [0.15, 0.2) is 0 Å². The summed E-state index contributed by atoms with van der Waals surface area (Å²) < 4.78 is 86.8. The average molecular weight is 674 g/mol. The van der Waals surface area contributed by atoms with Crippen LogP contribution in [0.2, 0.25) is 0 Å². The Morgan fingerprint density at radius 1 is 1.15 bits per heavy atom. The summed E-state index contributed by atoms with van der Waals surface area (Å²) in [5.74, 6) is -4.09. The number of alkyl halides is 4. The number of allylic oxidation sites excluding steroid dienone is 3. The number of nitrogens with one attached hydrogen (secondary N) is 1. The molecule has 0 radical (unpaired) electrons. The third-order valence-electron chi connectivity index (χ3n) is 9.24. The molecule has 3 N–H and O–H groups in total. The fourth-order valence-electron chi connectivity index (χ4n) is 6.71. The van der Waals surface area contributed by atoms with Gasteiger partial charge in [-0.05, 0) is 67.9 Å². The summed E-state index contributed by atoms with van der Waals surface area (Å²) in [7, 11) is 0. The molecule has 256 valence electrons. The summed E-state index contributed by atoms with van der Waals surface area (Å²) in [4.78, 5) is 22.3. The molecule has 4 heterocycles. The Morgan fingerprint density at radius 2 is 1.88 bits per heavy atom. The Morgan fingerprint density at radius 3 is 2.52 bits per heavy atom. The molecule has 10 nitrogen and oxygen atoms in total. The zero-order valence-electron chi connectivity index (χ0n) is 26.4. The van der Waals surface area contributed by atoms with Crippen LogP contribution in [-0.4, -0.2) is 70.3 Å². The molecule has 1 aliphatic carbocycles. The lowest BCUT2D eigenvalue weighted by Gasteiger charge is -2.39. The first-order chi connectivity index (χ1) is 22.8. The van der Waals surface area contributed by atoms with E-state index < -0.39 is 41.8 Å². The number of nitrogens with two attached hydrogens (primary N) is 1. The topological polar surface area (TPSA) is 120 Å². The number of benzene rings is 1. The van der Waals surface area contributed by atoms with Gasteiger partial charge in [0, 0.05) is 43.9 Å². The van der Waals surface area contributed by atoms with E-state index in [1.165, 1.54) is 48.7 Å². The van der Waals surface area contributed by atoms with Gasteiger partial charge in [0.05, 0.1) is 12.3 Å². The lowest BCUT2D eigenvalue weighted by atomic mass is 9.76. The van der Waals surface area contributed by atoms with Crippen LogP contribution < -0.4 is 20.7 Å². The quantitative estimate of drug-likeness (QED) is 0.244. The minimum atomic E-state index is -5.07. The number of nitrogens with zero attached hydrogens (tertiary/aromatic N) is 5. The van der Waals surface area contributed by atoms with E-state index in [0.717, 1.165) is 10.8 Å². The number of ether oxygens (including phenoxy) is 2. The Bertz CT molecular complexity index is 1720. The van der Waals surface area contributed by atoms with E-state index in [1.807, 2.05) is 4.90 Å². The van der Waals surface area contributed by atoms with Crippen LogP contribution in [-0.2, 0) is 15.3 Å². The van der Waals surface area contributed by atoms with Crippen molar-refractivity contribution in [2.45, 2.75) is 63.6 Å². The van der Waals surface area contributed by atoms with Crippen LogP contribution in [0.25, 0.3) is 5.57 Å². The number of carbonyl (C=O) groups is 1. The molecule has 2 fully saturated rings. The lowest BCUT2D eigenvalue weighted by molar-refractivity contribution is -0.191. The SMILES string of the molecule is CCOC(=O)[C@@H]1CC2(CCN(c3cc(O[C@H](C4=CC=C(c5ccc(F)cc5)CC4(F)n4ccc(C)n4)C(F)(F)F)nc(N)n3)CC2)CN1. The van der Waals surface area contributed by atoms with Gasteiger partial charge in [0.2, 0.25) is 23.7 Å². The van der Waals surface area contributed by atoms with Crippen LogP contribution in [0, 0.1) is 18.2 Å². The Balaban J connectivity index is 1.27. The largest absolute Gasteiger partial charge is 0.465 e. The monoisotopic (exact) mass is 673 g/mol. The van der Waals surface area contributed by atoms with Crippen LogP contribution >= 0.6 is 0 Å². The van der Waals surface area contributed by atoms with Gasteiger partial charge in [0.1, 0.15) is 17.7 Å². The molecular formula is C33H36F5N7O3. The first kappa shape index (κ1) is 33.4. The summed E-state index contributed by atoms with van der Waals surface area (Å²) in [6, 6.07) is 7.62. The molecule has 1 unspecified atom stereocenters. The summed E-state index contributed by atoms with van der Waals surface area (Å²) in [5, 5.41) is 7.37. The maximum absolute atomic E-state index is 17.2. The van der Waals surface area contributed by atoms with Crippen molar-refractivity contribution in [3.8, 4) is 5.88 Å². The van der Waals surface area contributed by atoms with Crippen molar-refractivity contribution in [3.63, 3.8) is 0 Å². The van der Waals surface area contributed by atoms with Crippen LogP contribution in [0.5, 0.6) is 5.88 Å². The Kier molecular flexibility index (Phi) is 8.92. The summed E-state index contributed by atoms with van der Waals surface area (Å²) >= 11 is 0. The van der Waals surface area contributed by atoms with Gasteiger partial charge in [-0.15, -0.1) is 0 Å². The molecule has 2 aliphatic heterocycles. The van der Waals surface area contributed by atoms with Crippen molar-refractivity contribution < 1.29 is 36.2 Å². The first-order valence-corrected chi connectivity index (χ1v) is 15.7. The van der Waals surface area contributed by atoms with Crippen molar-refractivity contribution in [2.24, 2.45) is 5.41 Å². The molecular weight excluding hydrogens is 637 g/mol. The number of hydrogen-bond donors (Lipinski definition) is 2. The lowest BCUT2D eigenvalue weighted by Crippen LogP contribution is -2.46. The van der Waals surface area contributed by atoms with Crippen molar-refractivity contribution in [3.05, 3.63) is 77.4 Å². The maximum Gasteiger partial charge on any atom is 0.429 e. The summed E-state index contributed by atoms with van der Waals surface area (Å²) in [6.45, 7) is 5.30. The third-order valence-corrected chi connectivity index (χ3v) is 9.24. The van der Waals surface area contributed by atoms with Crippen molar-refractivity contribution in [1.82, 2.24) is 25.1 Å². The second-order valence-corrected chi connectivity index (χ2v) is 12.5. The number of nitrogen functional groups attached to an aromatic ring is 1. The highest BCUT2D eigenvalue weighted by atomic mass is 19.4. The summed E-state index contributed by atoms with van der Waals surface area (Å²) in [6.07, 6.45) is -2.68. The van der Waals surface area contributed by atoms with Crippen LogP contribution in [0.3, 0.4) is 0 Å². The number of piperidine rings is 1. The number of carbonyl (C=O) groups excluding carboxylic acids is 1. The minimum absolute atomic E-state index is 0.129. The fraction of sp³-hybridized carbons (Fsp3) is 0.455. The third kappa shape index (κ3) is 6.73. The zero-order valence-corrected chi connectivity index (χ0v) is 26.4. The maximum atomic E-state index is 17.2. The predicted molar refractivity (Wildman–Crippen MR) is 167 cm³/mol. The van der Waals surface area contributed by atoms with Gasteiger partial charge in [-0.25, -0.2) is 13.5 Å². The standard InChI is InChI=1S/C33H36F5N7O3/c1-3-47-29(46)25-18-31(19-40-25)11-14-44(15-12-31)26-16-27(42-30(39)41-26)48-28(33(36,37)38)24-9-6-22(21-4-7-23(34)8-5-21)17-32(24,35)45-13-10-20(2)43-45/h4-10,13,16,25,28,40H,3,11-12,14-15,17-19H2,1-2H3,(H2,39,41,42)/t25-,28+,32?/m0/s1. The molecule has 3 aromatic rings. The van der Waals surface area contributed by atoms with Crippen LogP contribution in [0.15, 0.2) is 60.3 Å². The van der Waals surface area contributed by atoms with E-state index in [2.05, 4.69) is 20.4 Å². The van der Waals surface area contributed by atoms with E-state index in [1.54, 1.807) is 13.8 Å². The number of esters is 1. The number of halogens is 5. The van der Waals surface area contributed by atoms with E-state index in [9.17, 15) is 22.4 Å². The molecule has 48 heavy (non-hydrogen) atoms. The normalized spacial score (nSPS) is 23.1. The fourth-order valence-corrected chi connectivity index (χ4v) is 6.71. The molecule has 6 rings (SSSR count). The molecule has 0 saturated carbocycles. The van der Waals surface area contributed by atoms with Gasteiger partial charge in [0.25, 0.3) is 0 Å². The zero-order chi connectivity index (χ0) is 34.3. The molecule has 15 heteroatoms. The smallest absolute Gasteiger partial charge is 0.429 e. The second-order valence-electron chi connectivity index (χ2n) is 12.5. The number of aromatic nitrogens is 4. The first-order valence-electron chi connectivity index (χ1n) is 15.7. The van der Waals surface area contributed by atoms with Gasteiger partial charge in [-0.3, -0.25) is 4.79 Å². The molecule has 3 atom stereocenters. The highest BCUT2D eigenvalue weighted by molar-refractivity contribution is 5.76. The average Bonchev–Trinajstić information content (AvgIpc) is 3.67. The van der Waals surface area contributed by atoms with Gasteiger partial charge >= 0.3 is 12.1 Å². The number of rotatable bonds is 8. The number of hydrogen-bond acceptors (Lipinski definition) is 9. The van der Waals surface area contributed by atoms with E-state index in [-0.39, 0.29) is 29.2 Å². The van der Waals surface area contributed by atoms with Crippen molar-refractivity contribution in [1.29, 1.82) is 0 Å². The Labute approximate surface area is 273 Å². The number of anilines is 2. The molecule has 2 saturated heterocycles. The minimum Gasteiger partial charge on any atom is -0.465 e. The van der Waals surface area contributed by atoms with E-state index in [4.69, 9.17) is 15.2 Å².